The van der Waals surface area contributed by atoms with Gasteiger partial charge in [-0.2, -0.15) is 13.5 Å². The van der Waals surface area contributed by atoms with Crippen molar-refractivity contribution in [2.75, 3.05) is 26.2 Å². The van der Waals surface area contributed by atoms with Crippen LogP contribution in [0.2, 0.25) is 0 Å². The van der Waals surface area contributed by atoms with E-state index in [1.807, 2.05) is 0 Å². The van der Waals surface area contributed by atoms with E-state index in [-0.39, 0.29) is 32.6 Å². The second-order valence-corrected chi connectivity index (χ2v) is 12.4. The van der Waals surface area contributed by atoms with E-state index in [1.165, 1.54) is 9.80 Å². The minimum atomic E-state index is -4.84. The number of fused-ring (bicyclic) bond motifs is 2. The number of hydroxylamine groups is 2. The SMILES string of the molecule is CC(C)(C)OC(=O)NCCN(CCc1cc([C@@H]2CC[C@@H]3CN2C(=O)N3OS(=O)(=O)O)no1)C(=O)OC(C)(C)C. The molecule has 1 aromatic rings. The molecule has 0 saturated carbocycles. The molecule has 3 rings (SSSR count). The fraction of sp³-hybridized carbons (Fsp3) is 0.739. The second kappa shape index (κ2) is 11.6. The molecule has 2 saturated heterocycles. The number of ether oxygens (including phenoxy) is 2. The van der Waals surface area contributed by atoms with Crippen molar-refractivity contribution in [3.05, 3.63) is 17.5 Å². The molecule has 16 heteroatoms. The largest absolute Gasteiger partial charge is 0.444 e. The predicted octanol–water partition coefficient (Wildman–Crippen LogP) is 2.65. The molecular weight excluding hydrogens is 538 g/mol. The number of carbonyl (C=O) groups is 3. The van der Waals surface area contributed by atoms with Crippen molar-refractivity contribution in [3.63, 3.8) is 0 Å². The zero-order valence-electron chi connectivity index (χ0n) is 23.0. The number of hydrogen-bond acceptors (Lipinski definition) is 10. The highest BCUT2D eigenvalue weighted by atomic mass is 32.3. The van der Waals surface area contributed by atoms with Crippen LogP contribution >= 0.6 is 0 Å². The van der Waals surface area contributed by atoms with Gasteiger partial charge in [0.2, 0.25) is 0 Å². The Labute approximate surface area is 227 Å². The van der Waals surface area contributed by atoms with E-state index in [2.05, 4.69) is 14.8 Å². The van der Waals surface area contributed by atoms with Crippen molar-refractivity contribution in [1.82, 2.24) is 25.3 Å². The molecule has 2 bridgehead atoms. The van der Waals surface area contributed by atoms with Crippen molar-refractivity contribution >= 4 is 28.6 Å². The van der Waals surface area contributed by atoms with Gasteiger partial charge in [0.1, 0.15) is 22.7 Å². The maximum atomic E-state index is 12.8. The molecule has 2 atom stereocenters. The predicted molar refractivity (Wildman–Crippen MR) is 135 cm³/mol. The molecule has 2 aliphatic heterocycles. The summed E-state index contributed by atoms with van der Waals surface area (Å²) in [5.41, 5.74) is -0.901. The van der Waals surface area contributed by atoms with Gasteiger partial charge in [-0.1, -0.05) is 5.16 Å². The number of amides is 4. The first kappa shape index (κ1) is 30.4. The monoisotopic (exact) mass is 575 g/mol. The molecule has 39 heavy (non-hydrogen) atoms. The number of nitrogens with one attached hydrogen (secondary N) is 1. The number of piperidine rings is 1. The van der Waals surface area contributed by atoms with E-state index in [4.69, 9.17) is 18.5 Å². The van der Waals surface area contributed by atoms with Gasteiger partial charge in [0.25, 0.3) is 0 Å². The van der Waals surface area contributed by atoms with Crippen molar-refractivity contribution in [2.45, 2.75) is 84.1 Å². The van der Waals surface area contributed by atoms with Crippen molar-refractivity contribution in [1.29, 1.82) is 0 Å². The molecule has 0 spiro atoms. The van der Waals surface area contributed by atoms with Crippen LogP contribution in [-0.2, 0) is 30.6 Å². The standard InChI is InChI=1S/C23H37N5O10S/c1-22(2,3)35-19(29)24-10-12-26(21(31)36-23(4,5)6)11-9-16-13-17(25-37-16)18-8-7-15-14-27(18)20(30)28(15)38-39(32,33)34/h13,15,18H,7-12,14H2,1-6H3,(H,24,29)(H,32,33,34)/t15-,18+/m1/s1. The summed E-state index contributed by atoms with van der Waals surface area (Å²) in [4.78, 5) is 40.3. The molecule has 1 aromatic heterocycles. The molecule has 220 valence electrons. The van der Waals surface area contributed by atoms with E-state index in [0.717, 1.165) is 0 Å². The molecule has 3 heterocycles. The van der Waals surface area contributed by atoms with Gasteiger partial charge in [-0.3, -0.25) is 4.55 Å². The van der Waals surface area contributed by atoms with Crippen LogP contribution in [0.3, 0.4) is 0 Å². The molecule has 0 aromatic carbocycles. The average Bonchev–Trinajstić information content (AvgIpc) is 3.32. The quantitative estimate of drug-likeness (QED) is 0.413. The van der Waals surface area contributed by atoms with Gasteiger partial charge < -0.3 is 29.1 Å². The van der Waals surface area contributed by atoms with Crippen LogP contribution in [0.4, 0.5) is 14.4 Å². The second-order valence-electron chi connectivity index (χ2n) is 11.4. The summed E-state index contributed by atoms with van der Waals surface area (Å²) >= 11 is 0. The van der Waals surface area contributed by atoms with Crippen molar-refractivity contribution in [2.24, 2.45) is 0 Å². The lowest BCUT2D eigenvalue weighted by Crippen LogP contribution is -2.43. The first-order valence-electron chi connectivity index (χ1n) is 12.6. The Bertz CT molecular complexity index is 1160. The minimum Gasteiger partial charge on any atom is -0.444 e. The maximum absolute atomic E-state index is 12.8. The third-order valence-electron chi connectivity index (χ3n) is 5.75. The van der Waals surface area contributed by atoms with E-state index >= 15 is 0 Å². The molecule has 0 radical (unpaired) electrons. The highest BCUT2D eigenvalue weighted by molar-refractivity contribution is 7.80. The Balaban J connectivity index is 1.61. The summed E-state index contributed by atoms with van der Waals surface area (Å²) < 4.78 is 51.8. The van der Waals surface area contributed by atoms with Crippen LogP contribution in [0.25, 0.3) is 0 Å². The average molecular weight is 576 g/mol. The summed E-state index contributed by atoms with van der Waals surface area (Å²) in [6, 6.07) is -0.00483. The molecule has 2 fully saturated rings. The fourth-order valence-corrected chi connectivity index (χ4v) is 4.60. The zero-order chi connectivity index (χ0) is 29.2. The Morgan fingerprint density at radius 3 is 2.44 bits per heavy atom. The van der Waals surface area contributed by atoms with Gasteiger partial charge in [-0.15, -0.1) is 4.28 Å². The number of hydrogen-bond donors (Lipinski definition) is 2. The molecule has 0 aliphatic carbocycles. The van der Waals surface area contributed by atoms with Gasteiger partial charge in [0, 0.05) is 38.7 Å². The first-order valence-corrected chi connectivity index (χ1v) is 14.0. The number of urea groups is 1. The summed E-state index contributed by atoms with van der Waals surface area (Å²) in [6.45, 7) is 11.2. The normalized spacial score (nSPS) is 19.7. The lowest BCUT2D eigenvalue weighted by molar-refractivity contribution is -0.0317. The first-order chi connectivity index (χ1) is 17.9. The zero-order valence-corrected chi connectivity index (χ0v) is 23.8. The fourth-order valence-electron chi connectivity index (χ4n) is 4.22. The molecule has 2 N–H and O–H groups in total. The summed E-state index contributed by atoms with van der Waals surface area (Å²) in [5.74, 6) is 0.457. The van der Waals surface area contributed by atoms with Crippen LogP contribution in [0.15, 0.2) is 10.6 Å². The number of aromatic nitrogens is 1. The molecular formula is C23H37N5O10S. The van der Waals surface area contributed by atoms with Gasteiger partial charge in [0.05, 0.1) is 12.1 Å². The third-order valence-corrected chi connectivity index (χ3v) is 6.09. The summed E-state index contributed by atoms with van der Waals surface area (Å²) in [7, 11) is -4.84. The third kappa shape index (κ3) is 8.96. The van der Waals surface area contributed by atoms with E-state index in [9.17, 15) is 22.8 Å². The lowest BCUT2D eigenvalue weighted by atomic mass is 9.98. The summed E-state index contributed by atoms with van der Waals surface area (Å²) in [6.07, 6.45) is 0.0295. The van der Waals surface area contributed by atoms with Crippen molar-refractivity contribution < 1.29 is 45.6 Å². The van der Waals surface area contributed by atoms with Gasteiger partial charge >= 0.3 is 28.6 Å². The smallest absolute Gasteiger partial charge is 0.418 e. The lowest BCUT2D eigenvalue weighted by Gasteiger charge is -2.28. The highest BCUT2D eigenvalue weighted by Crippen LogP contribution is 2.38. The van der Waals surface area contributed by atoms with Gasteiger partial charge in [-0.05, 0) is 54.4 Å². The molecule has 2 aliphatic rings. The minimum absolute atomic E-state index is 0.137. The number of nitrogens with zero attached hydrogens (tertiary/aromatic N) is 4. The van der Waals surface area contributed by atoms with Crippen LogP contribution in [-0.4, -0.2) is 94.6 Å². The Morgan fingerprint density at radius 2 is 1.82 bits per heavy atom. The van der Waals surface area contributed by atoms with Crippen LogP contribution in [0.5, 0.6) is 0 Å². The molecule has 15 nitrogen and oxygen atoms in total. The highest BCUT2D eigenvalue weighted by Gasteiger charge is 2.48. The van der Waals surface area contributed by atoms with Crippen LogP contribution in [0, 0.1) is 0 Å². The number of rotatable bonds is 9. The van der Waals surface area contributed by atoms with Crippen LogP contribution < -0.4 is 5.32 Å². The Hall–Kier alpha value is -3.11. The maximum Gasteiger partial charge on any atom is 0.418 e. The topological polar surface area (TPSA) is 181 Å². The Morgan fingerprint density at radius 1 is 1.15 bits per heavy atom. The van der Waals surface area contributed by atoms with E-state index in [1.54, 1.807) is 47.6 Å². The summed E-state index contributed by atoms with van der Waals surface area (Å²) in [5, 5.41) is 7.37. The molecule has 4 amide bonds. The number of alkyl carbamates (subject to hydrolysis) is 1. The van der Waals surface area contributed by atoms with Crippen molar-refractivity contribution in [3.8, 4) is 0 Å². The van der Waals surface area contributed by atoms with E-state index < -0.39 is 51.9 Å². The molecule has 0 unspecified atom stereocenters. The van der Waals surface area contributed by atoms with Gasteiger partial charge in [0.15, 0.2) is 0 Å². The van der Waals surface area contributed by atoms with Crippen LogP contribution in [0.1, 0.15) is 71.9 Å². The van der Waals surface area contributed by atoms with Gasteiger partial charge in [-0.25, -0.2) is 14.4 Å². The van der Waals surface area contributed by atoms with E-state index in [0.29, 0.717) is 29.4 Å². The number of carbonyl (C=O) groups excluding carboxylic acids is 3. The Kier molecular flexibility index (Phi) is 9.02.